The van der Waals surface area contributed by atoms with Gasteiger partial charge in [0.15, 0.2) is 5.11 Å². The quantitative estimate of drug-likeness (QED) is 0.235. The highest BCUT2D eigenvalue weighted by atomic mass is 32.1. The van der Waals surface area contributed by atoms with Crippen molar-refractivity contribution in [3.8, 4) is 17.3 Å². The van der Waals surface area contributed by atoms with Gasteiger partial charge in [-0.15, -0.1) is 0 Å². The number of hydrogen-bond donors (Lipinski definition) is 1. The minimum absolute atomic E-state index is 0.111. The van der Waals surface area contributed by atoms with Crippen molar-refractivity contribution in [3.63, 3.8) is 0 Å². The maximum absolute atomic E-state index is 6.08. The Balaban J connectivity index is 1.40. The standard InChI is InChI=1S/C32H29N5OS/c1-21-10-14-25(15-11-21)38-26-16-12-24(13-17-26)37-31(30(35-32(37)39)28-8-4-6-18-33-28)27-20-22(2)36(23(27)3)29-9-5-7-19-34-29/h4-20,30-31H,1-3H3,(H,35,39)/t30-,31+/m0/s1. The molecule has 39 heavy (non-hydrogen) atoms. The predicted octanol–water partition coefficient (Wildman–Crippen LogP) is 7.16. The average molecular weight is 532 g/mol. The van der Waals surface area contributed by atoms with Crippen LogP contribution < -0.4 is 15.0 Å². The number of rotatable bonds is 6. The topological polar surface area (TPSA) is 55.2 Å². The number of aryl methyl sites for hydroxylation is 2. The van der Waals surface area contributed by atoms with Crippen molar-refractivity contribution in [1.82, 2.24) is 19.9 Å². The maximum Gasteiger partial charge on any atom is 0.174 e. The fourth-order valence-electron chi connectivity index (χ4n) is 5.29. The van der Waals surface area contributed by atoms with Gasteiger partial charge in [0.25, 0.3) is 0 Å². The molecule has 1 saturated heterocycles. The first kappa shape index (κ1) is 24.8. The van der Waals surface area contributed by atoms with Crippen molar-refractivity contribution < 1.29 is 4.74 Å². The van der Waals surface area contributed by atoms with Gasteiger partial charge in [-0.3, -0.25) is 4.98 Å². The van der Waals surface area contributed by atoms with Crippen molar-refractivity contribution in [2.45, 2.75) is 32.9 Å². The molecule has 0 spiro atoms. The van der Waals surface area contributed by atoms with Crippen LogP contribution in [0.1, 0.15) is 40.3 Å². The number of anilines is 1. The summed E-state index contributed by atoms with van der Waals surface area (Å²) in [6, 6.07) is 30.1. The molecule has 0 aliphatic carbocycles. The maximum atomic E-state index is 6.08. The highest BCUT2D eigenvalue weighted by molar-refractivity contribution is 7.80. The molecule has 2 aromatic carbocycles. The highest BCUT2D eigenvalue weighted by Crippen LogP contribution is 2.44. The fraction of sp³-hybridized carbons (Fsp3) is 0.156. The van der Waals surface area contributed by atoms with E-state index in [0.29, 0.717) is 5.11 Å². The summed E-state index contributed by atoms with van der Waals surface area (Å²) in [6.07, 6.45) is 3.65. The van der Waals surface area contributed by atoms with Crippen LogP contribution in [-0.2, 0) is 0 Å². The second-order valence-electron chi connectivity index (χ2n) is 9.76. The van der Waals surface area contributed by atoms with E-state index in [-0.39, 0.29) is 12.1 Å². The molecule has 0 radical (unpaired) electrons. The van der Waals surface area contributed by atoms with Crippen LogP contribution >= 0.6 is 12.2 Å². The Kier molecular flexibility index (Phi) is 6.59. The molecule has 1 N–H and O–H groups in total. The number of thiocarbonyl (C=S) groups is 1. The average Bonchev–Trinajstić information content (AvgIpc) is 3.46. The van der Waals surface area contributed by atoms with Gasteiger partial charge < -0.3 is 19.5 Å². The van der Waals surface area contributed by atoms with Gasteiger partial charge in [0.1, 0.15) is 17.3 Å². The van der Waals surface area contributed by atoms with Gasteiger partial charge in [0.05, 0.1) is 17.8 Å². The van der Waals surface area contributed by atoms with Crippen LogP contribution in [0.15, 0.2) is 103 Å². The molecule has 0 amide bonds. The molecule has 4 heterocycles. The number of ether oxygens (including phenoxy) is 1. The Morgan fingerprint density at radius 3 is 2.10 bits per heavy atom. The Bertz CT molecular complexity index is 1600. The van der Waals surface area contributed by atoms with E-state index in [1.807, 2.05) is 85.2 Å². The van der Waals surface area contributed by atoms with Gasteiger partial charge in [-0.05, 0) is 105 Å². The van der Waals surface area contributed by atoms with Crippen LogP contribution in [0.5, 0.6) is 11.5 Å². The molecule has 6 nitrogen and oxygen atoms in total. The monoisotopic (exact) mass is 531 g/mol. The van der Waals surface area contributed by atoms with Gasteiger partial charge >= 0.3 is 0 Å². The van der Waals surface area contributed by atoms with Crippen LogP contribution in [0.4, 0.5) is 5.69 Å². The lowest BCUT2D eigenvalue weighted by Gasteiger charge is -2.28. The molecule has 7 heteroatoms. The molecule has 0 saturated carbocycles. The number of nitrogens with one attached hydrogen (secondary N) is 1. The zero-order chi connectivity index (χ0) is 26.9. The molecule has 1 aliphatic rings. The Morgan fingerprint density at radius 2 is 1.46 bits per heavy atom. The summed E-state index contributed by atoms with van der Waals surface area (Å²) < 4.78 is 8.28. The van der Waals surface area contributed by atoms with Crippen molar-refractivity contribution in [2.75, 3.05) is 4.90 Å². The number of nitrogens with zero attached hydrogens (tertiary/aromatic N) is 4. The lowest BCUT2D eigenvalue weighted by molar-refractivity contribution is 0.482. The van der Waals surface area contributed by atoms with Crippen LogP contribution in [0.3, 0.4) is 0 Å². The van der Waals surface area contributed by atoms with E-state index in [1.165, 1.54) is 11.1 Å². The van der Waals surface area contributed by atoms with Crippen molar-refractivity contribution in [1.29, 1.82) is 0 Å². The minimum Gasteiger partial charge on any atom is -0.457 e. The summed E-state index contributed by atoms with van der Waals surface area (Å²) in [5, 5.41) is 4.22. The summed E-state index contributed by atoms with van der Waals surface area (Å²) in [5.41, 5.74) is 6.52. The normalized spacial score (nSPS) is 16.8. The molecule has 5 aromatic rings. The van der Waals surface area contributed by atoms with Crippen LogP contribution in [0.25, 0.3) is 5.82 Å². The Labute approximate surface area is 233 Å². The second-order valence-corrected chi connectivity index (χ2v) is 10.1. The SMILES string of the molecule is Cc1ccc(Oc2ccc(N3C(=S)N[C@@H](c4ccccn4)[C@H]3c3cc(C)n(-c4ccccn4)c3C)cc2)cc1. The third kappa shape index (κ3) is 4.77. The lowest BCUT2D eigenvalue weighted by atomic mass is 9.96. The largest absolute Gasteiger partial charge is 0.457 e. The Hall–Kier alpha value is -4.49. The molecule has 1 fully saturated rings. The second kappa shape index (κ2) is 10.3. The first-order valence-electron chi connectivity index (χ1n) is 12.9. The minimum atomic E-state index is -0.125. The summed E-state index contributed by atoms with van der Waals surface area (Å²) in [6.45, 7) is 6.32. The third-order valence-electron chi connectivity index (χ3n) is 7.14. The van der Waals surface area contributed by atoms with Crippen molar-refractivity contribution in [2.24, 2.45) is 0 Å². The molecular formula is C32H29N5OS. The lowest BCUT2D eigenvalue weighted by Crippen LogP contribution is -2.29. The van der Waals surface area contributed by atoms with Gasteiger partial charge in [-0.2, -0.15) is 0 Å². The molecular weight excluding hydrogens is 502 g/mol. The zero-order valence-corrected chi connectivity index (χ0v) is 22.9. The fourth-order valence-corrected chi connectivity index (χ4v) is 5.64. The third-order valence-corrected chi connectivity index (χ3v) is 7.45. The van der Waals surface area contributed by atoms with Crippen molar-refractivity contribution >= 4 is 23.0 Å². The van der Waals surface area contributed by atoms with Gasteiger partial charge in [-0.25, -0.2) is 4.98 Å². The van der Waals surface area contributed by atoms with Crippen LogP contribution in [0, 0.1) is 20.8 Å². The molecule has 0 unspecified atom stereocenters. The van der Waals surface area contributed by atoms with E-state index in [1.54, 1.807) is 0 Å². The van der Waals surface area contributed by atoms with Crippen molar-refractivity contribution in [3.05, 3.63) is 132 Å². The predicted molar refractivity (Wildman–Crippen MR) is 159 cm³/mol. The van der Waals surface area contributed by atoms with E-state index in [0.717, 1.165) is 40.1 Å². The number of benzene rings is 2. The summed E-state index contributed by atoms with van der Waals surface area (Å²) in [5.74, 6) is 2.47. The van der Waals surface area contributed by atoms with E-state index in [2.05, 4.69) is 58.7 Å². The molecule has 1 aliphatic heterocycles. The molecule has 3 aromatic heterocycles. The smallest absolute Gasteiger partial charge is 0.174 e. The summed E-state index contributed by atoms with van der Waals surface area (Å²) in [4.78, 5) is 11.5. The van der Waals surface area contributed by atoms with Gasteiger partial charge in [0, 0.05) is 29.5 Å². The number of pyridine rings is 2. The molecule has 194 valence electrons. The van der Waals surface area contributed by atoms with E-state index in [4.69, 9.17) is 21.9 Å². The van der Waals surface area contributed by atoms with E-state index in [9.17, 15) is 0 Å². The van der Waals surface area contributed by atoms with Gasteiger partial charge in [-0.1, -0.05) is 29.8 Å². The molecule has 0 bridgehead atoms. The van der Waals surface area contributed by atoms with Crippen LogP contribution in [-0.4, -0.2) is 19.6 Å². The van der Waals surface area contributed by atoms with E-state index < -0.39 is 0 Å². The first-order valence-corrected chi connectivity index (χ1v) is 13.4. The number of hydrogen-bond acceptors (Lipinski definition) is 4. The van der Waals surface area contributed by atoms with Gasteiger partial charge in [0.2, 0.25) is 0 Å². The summed E-state index contributed by atoms with van der Waals surface area (Å²) in [7, 11) is 0. The van der Waals surface area contributed by atoms with Crippen LogP contribution in [0.2, 0.25) is 0 Å². The number of aromatic nitrogens is 3. The zero-order valence-electron chi connectivity index (χ0n) is 22.1. The molecule has 2 atom stereocenters. The van der Waals surface area contributed by atoms with E-state index >= 15 is 0 Å². The highest BCUT2D eigenvalue weighted by Gasteiger charge is 2.42. The first-order chi connectivity index (χ1) is 19.0. The Morgan fingerprint density at radius 1 is 0.795 bits per heavy atom. The summed E-state index contributed by atoms with van der Waals surface area (Å²) >= 11 is 5.94. The molecule has 6 rings (SSSR count).